The van der Waals surface area contributed by atoms with Gasteiger partial charge in [-0.1, -0.05) is 26.0 Å². The van der Waals surface area contributed by atoms with Crippen molar-refractivity contribution in [2.75, 3.05) is 0 Å². The van der Waals surface area contributed by atoms with E-state index >= 15 is 0 Å². The lowest BCUT2D eigenvalue weighted by atomic mass is 10.0. The first-order chi connectivity index (χ1) is 4.33. The van der Waals surface area contributed by atoms with Gasteiger partial charge in [-0.05, 0) is 31.1 Å². The predicted octanol–water partition coefficient (Wildman–Crippen LogP) is 3.14. The second kappa shape index (κ2) is 2.55. The summed E-state index contributed by atoms with van der Waals surface area (Å²) in [5.74, 6) is 0. The molecule has 0 heterocycles. The Morgan fingerprint density at radius 2 is 2.00 bits per heavy atom. The van der Waals surface area contributed by atoms with Gasteiger partial charge in [0.2, 0.25) is 0 Å². The summed E-state index contributed by atoms with van der Waals surface area (Å²) >= 11 is 0. The van der Waals surface area contributed by atoms with Crippen molar-refractivity contribution in [3.63, 3.8) is 0 Å². The fourth-order valence-electron chi connectivity index (χ4n) is 1.17. The van der Waals surface area contributed by atoms with Crippen molar-refractivity contribution < 1.29 is 0 Å². The quantitative estimate of drug-likeness (QED) is 0.507. The molecule has 0 amide bonds. The van der Waals surface area contributed by atoms with Gasteiger partial charge in [-0.25, -0.2) is 0 Å². The summed E-state index contributed by atoms with van der Waals surface area (Å²) in [7, 11) is 0. The van der Waals surface area contributed by atoms with E-state index in [1.807, 2.05) is 0 Å². The van der Waals surface area contributed by atoms with Gasteiger partial charge >= 0.3 is 0 Å². The minimum absolute atomic E-state index is 0.663. The van der Waals surface area contributed by atoms with Gasteiger partial charge in [-0.2, -0.15) is 0 Å². The molecule has 0 aromatic rings. The molecule has 0 saturated heterocycles. The van der Waals surface area contributed by atoms with Crippen LogP contribution >= 0.6 is 0 Å². The number of hydrogen-bond donors (Lipinski definition) is 0. The van der Waals surface area contributed by atoms with Crippen LogP contribution in [0.3, 0.4) is 0 Å². The van der Waals surface area contributed by atoms with Crippen LogP contribution in [-0.4, -0.2) is 0 Å². The Kier molecular flexibility index (Phi) is 1.94. The minimum Gasteiger partial charge on any atom is -0.0883 e. The molecule has 0 bridgehead atoms. The zero-order valence-electron chi connectivity index (χ0n) is 6.48. The SMILES string of the molecule is CC/C=C/C1(CC)CC1. The molecule has 0 unspecified atom stereocenters. The van der Waals surface area contributed by atoms with E-state index in [2.05, 4.69) is 26.0 Å². The highest BCUT2D eigenvalue weighted by Gasteiger charge is 2.37. The molecule has 0 heteroatoms. The summed E-state index contributed by atoms with van der Waals surface area (Å²) in [5.41, 5.74) is 0.663. The molecular formula is C9H16. The first-order valence-electron chi connectivity index (χ1n) is 4.01. The molecule has 0 aromatic carbocycles. The van der Waals surface area contributed by atoms with Gasteiger partial charge < -0.3 is 0 Å². The normalized spacial score (nSPS) is 22.9. The van der Waals surface area contributed by atoms with Crippen molar-refractivity contribution in [2.24, 2.45) is 5.41 Å². The molecule has 0 atom stereocenters. The van der Waals surface area contributed by atoms with E-state index in [1.165, 1.54) is 25.7 Å². The Morgan fingerprint density at radius 1 is 1.33 bits per heavy atom. The van der Waals surface area contributed by atoms with E-state index < -0.39 is 0 Å². The lowest BCUT2D eigenvalue weighted by Gasteiger charge is -2.02. The molecule has 52 valence electrons. The van der Waals surface area contributed by atoms with Crippen molar-refractivity contribution >= 4 is 0 Å². The molecule has 1 aliphatic carbocycles. The maximum atomic E-state index is 2.41. The van der Waals surface area contributed by atoms with Gasteiger partial charge in [-0.3, -0.25) is 0 Å². The molecule has 0 radical (unpaired) electrons. The van der Waals surface area contributed by atoms with Crippen LogP contribution in [-0.2, 0) is 0 Å². The maximum Gasteiger partial charge on any atom is -0.0120 e. The molecule has 0 nitrogen and oxygen atoms in total. The van der Waals surface area contributed by atoms with E-state index in [4.69, 9.17) is 0 Å². The molecule has 0 aromatic heterocycles. The summed E-state index contributed by atoms with van der Waals surface area (Å²) < 4.78 is 0. The zero-order valence-corrected chi connectivity index (χ0v) is 6.48. The van der Waals surface area contributed by atoms with Crippen LogP contribution in [0.5, 0.6) is 0 Å². The average molecular weight is 124 g/mol. The second-order valence-electron chi connectivity index (χ2n) is 3.03. The fraction of sp³-hybridized carbons (Fsp3) is 0.778. The minimum atomic E-state index is 0.663. The van der Waals surface area contributed by atoms with Crippen LogP contribution in [0.15, 0.2) is 12.2 Å². The molecule has 1 saturated carbocycles. The first-order valence-corrected chi connectivity index (χ1v) is 4.01. The molecule has 1 aliphatic rings. The third-order valence-corrected chi connectivity index (χ3v) is 2.30. The van der Waals surface area contributed by atoms with Gasteiger partial charge in [0.15, 0.2) is 0 Å². The van der Waals surface area contributed by atoms with Gasteiger partial charge in [-0.15, -0.1) is 0 Å². The van der Waals surface area contributed by atoms with Crippen LogP contribution in [0.1, 0.15) is 39.5 Å². The summed E-state index contributed by atoms with van der Waals surface area (Å²) in [6.45, 7) is 4.48. The third kappa shape index (κ3) is 1.57. The zero-order chi connectivity index (χ0) is 6.74. The highest BCUT2D eigenvalue weighted by atomic mass is 14.4. The maximum absolute atomic E-state index is 2.41. The molecule has 1 fully saturated rings. The summed E-state index contributed by atoms with van der Waals surface area (Å²) in [6, 6.07) is 0. The topological polar surface area (TPSA) is 0 Å². The molecule has 0 aliphatic heterocycles. The largest absolute Gasteiger partial charge is 0.0883 e. The van der Waals surface area contributed by atoms with Gasteiger partial charge in [0.25, 0.3) is 0 Å². The van der Waals surface area contributed by atoms with Crippen LogP contribution in [0, 0.1) is 5.41 Å². The van der Waals surface area contributed by atoms with Gasteiger partial charge in [0.05, 0.1) is 0 Å². The standard InChI is InChI=1S/C9H16/c1-3-5-6-9(4-2)7-8-9/h5-6H,3-4,7-8H2,1-2H3/b6-5+. The van der Waals surface area contributed by atoms with Crippen molar-refractivity contribution in [1.29, 1.82) is 0 Å². The predicted molar refractivity (Wildman–Crippen MR) is 41.4 cm³/mol. The van der Waals surface area contributed by atoms with E-state index in [0.717, 1.165) is 0 Å². The Hall–Kier alpha value is -0.260. The van der Waals surface area contributed by atoms with Crippen molar-refractivity contribution in [1.82, 2.24) is 0 Å². The van der Waals surface area contributed by atoms with Crippen LogP contribution in [0.4, 0.5) is 0 Å². The average Bonchev–Trinajstić information content (AvgIpc) is 2.65. The van der Waals surface area contributed by atoms with Crippen LogP contribution in [0.25, 0.3) is 0 Å². The number of rotatable bonds is 3. The summed E-state index contributed by atoms with van der Waals surface area (Å²) in [6.07, 6.45) is 10.1. The number of hydrogen-bond acceptors (Lipinski definition) is 0. The first kappa shape index (κ1) is 6.85. The van der Waals surface area contributed by atoms with Crippen LogP contribution in [0.2, 0.25) is 0 Å². The Balaban J connectivity index is 2.33. The van der Waals surface area contributed by atoms with E-state index in [-0.39, 0.29) is 0 Å². The smallest absolute Gasteiger partial charge is 0.0120 e. The molecule has 0 spiro atoms. The van der Waals surface area contributed by atoms with Gasteiger partial charge in [0, 0.05) is 0 Å². The molecule has 1 rings (SSSR count). The Morgan fingerprint density at radius 3 is 2.33 bits per heavy atom. The van der Waals surface area contributed by atoms with Crippen molar-refractivity contribution in [3.8, 4) is 0 Å². The summed E-state index contributed by atoms with van der Waals surface area (Å²) in [5, 5.41) is 0. The van der Waals surface area contributed by atoms with Crippen LogP contribution < -0.4 is 0 Å². The lowest BCUT2D eigenvalue weighted by Crippen LogP contribution is -1.89. The Labute approximate surface area is 58.0 Å². The molecular weight excluding hydrogens is 108 g/mol. The van der Waals surface area contributed by atoms with Gasteiger partial charge in [0.1, 0.15) is 0 Å². The second-order valence-corrected chi connectivity index (χ2v) is 3.03. The molecule has 0 N–H and O–H groups in total. The van der Waals surface area contributed by atoms with E-state index in [9.17, 15) is 0 Å². The highest BCUT2D eigenvalue weighted by molar-refractivity contribution is 5.08. The third-order valence-electron chi connectivity index (χ3n) is 2.30. The van der Waals surface area contributed by atoms with Crippen molar-refractivity contribution in [3.05, 3.63) is 12.2 Å². The number of allylic oxidation sites excluding steroid dienone is 2. The Bertz CT molecular complexity index is 107. The summed E-state index contributed by atoms with van der Waals surface area (Å²) in [4.78, 5) is 0. The van der Waals surface area contributed by atoms with E-state index in [1.54, 1.807) is 0 Å². The van der Waals surface area contributed by atoms with Crippen molar-refractivity contribution in [2.45, 2.75) is 39.5 Å². The monoisotopic (exact) mass is 124 g/mol. The fourth-order valence-corrected chi connectivity index (χ4v) is 1.17. The lowest BCUT2D eigenvalue weighted by molar-refractivity contribution is 0.623. The molecule has 9 heavy (non-hydrogen) atoms. The van der Waals surface area contributed by atoms with E-state index in [0.29, 0.717) is 5.41 Å². The highest BCUT2D eigenvalue weighted by Crippen LogP contribution is 2.49.